The maximum Gasteiger partial charge on any atom is 0.265 e. The third-order valence-electron chi connectivity index (χ3n) is 4.46. The van der Waals surface area contributed by atoms with Gasteiger partial charge in [0, 0.05) is 16.1 Å². The standard InChI is InChI=1S/C19H14BrNO2/c20-14-7-8-15-16(11-14)19(23)21(18(15)22)17-9-6-13(17)10-12-4-2-1-3-5-12/h1-5,7-9,11,13H,6,10H2. The molecule has 0 N–H and O–H groups in total. The Bertz CT molecular complexity index is 842. The molecule has 1 aliphatic heterocycles. The summed E-state index contributed by atoms with van der Waals surface area (Å²) in [5.41, 5.74) is 3.04. The molecule has 4 rings (SSSR count). The van der Waals surface area contributed by atoms with Crippen molar-refractivity contribution in [2.45, 2.75) is 12.8 Å². The lowest BCUT2D eigenvalue weighted by Gasteiger charge is -2.32. The van der Waals surface area contributed by atoms with Crippen molar-refractivity contribution < 1.29 is 9.59 Å². The number of carbonyl (C=O) groups is 2. The van der Waals surface area contributed by atoms with Gasteiger partial charge in [-0.05, 0) is 36.6 Å². The van der Waals surface area contributed by atoms with Crippen LogP contribution in [-0.4, -0.2) is 16.7 Å². The fourth-order valence-corrected chi connectivity index (χ4v) is 3.56. The number of hydrogen-bond donors (Lipinski definition) is 0. The van der Waals surface area contributed by atoms with Gasteiger partial charge in [-0.2, -0.15) is 0 Å². The van der Waals surface area contributed by atoms with Gasteiger partial charge in [-0.1, -0.05) is 52.3 Å². The number of amides is 2. The first-order valence-electron chi connectivity index (χ1n) is 7.57. The number of rotatable bonds is 3. The Morgan fingerprint density at radius 2 is 1.74 bits per heavy atom. The lowest BCUT2D eigenvalue weighted by Crippen LogP contribution is -2.36. The van der Waals surface area contributed by atoms with Crippen LogP contribution >= 0.6 is 15.9 Å². The van der Waals surface area contributed by atoms with Gasteiger partial charge in [-0.25, -0.2) is 4.90 Å². The molecule has 0 fully saturated rings. The summed E-state index contributed by atoms with van der Waals surface area (Å²) in [4.78, 5) is 26.6. The summed E-state index contributed by atoms with van der Waals surface area (Å²) in [6.45, 7) is 0. The molecular weight excluding hydrogens is 354 g/mol. The summed E-state index contributed by atoms with van der Waals surface area (Å²) >= 11 is 3.36. The molecule has 1 heterocycles. The van der Waals surface area contributed by atoms with Crippen LogP contribution in [0, 0.1) is 5.92 Å². The Morgan fingerprint density at radius 1 is 1.00 bits per heavy atom. The summed E-state index contributed by atoms with van der Waals surface area (Å²) in [5, 5.41) is 0. The predicted octanol–water partition coefficient (Wildman–Crippen LogP) is 4.19. The molecule has 114 valence electrons. The normalized spacial score (nSPS) is 19.4. The molecule has 2 aromatic rings. The molecule has 0 aromatic heterocycles. The number of halogens is 1. The van der Waals surface area contributed by atoms with E-state index in [0.717, 1.165) is 23.0 Å². The van der Waals surface area contributed by atoms with E-state index in [1.807, 2.05) is 24.3 Å². The molecule has 1 aliphatic carbocycles. The second kappa shape index (κ2) is 5.46. The second-order valence-corrected chi connectivity index (χ2v) is 6.80. The zero-order chi connectivity index (χ0) is 16.0. The number of imide groups is 1. The van der Waals surface area contributed by atoms with Crippen LogP contribution in [0.3, 0.4) is 0 Å². The Kier molecular flexibility index (Phi) is 3.42. The van der Waals surface area contributed by atoms with Crippen molar-refractivity contribution in [2.24, 2.45) is 5.92 Å². The fraction of sp³-hybridized carbons (Fsp3) is 0.158. The van der Waals surface area contributed by atoms with E-state index in [4.69, 9.17) is 0 Å². The fourth-order valence-electron chi connectivity index (χ4n) is 3.20. The highest BCUT2D eigenvalue weighted by Crippen LogP contribution is 2.38. The highest BCUT2D eigenvalue weighted by molar-refractivity contribution is 9.10. The Morgan fingerprint density at radius 3 is 2.43 bits per heavy atom. The van der Waals surface area contributed by atoms with Gasteiger partial charge in [-0.3, -0.25) is 9.59 Å². The highest BCUT2D eigenvalue weighted by atomic mass is 79.9. The van der Waals surface area contributed by atoms with E-state index < -0.39 is 0 Å². The molecule has 0 saturated heterocycles. The first-order chi connectivity index (χ1) is 11.1. The van der Waals surface area contributed by atoms with Gasteiger partial charge in [-0.15, -0.1) is 0 Å². The van der Waals surface area contributed by atoms with E-state index >= 15 is 0 Å². The molecule has 0 spiro atoms. The van der Waals surface area contributed by atoms with Crippen LogP contribution in [0.25, 0.3) is 0 Å². The minimum atomic E-state index is -0.213. The average molecular weight is 368 g/mol. The number of fused-ring (bicyclic) bond motifs is 1. The van der Waals surface area contributed by atoms with Crippen molar-refractivity contribution in [2.75, 3.05) is 0 Å². The number of benzene rings is 2. The number of hydrogen-bond acceptors (Lipinski definition) is 2. The summed E-state index contributed by atoms with van der Waals surface area (Å²) in [6, 6.07) is 15.4. The first-order valence-corrected chi connectivity index (χ1v) is 8.37. The monoisotopic (exact) mass is 367 g/mol. The summed E-state index contributed by atoms with van der Waals surface area (Å²) in [6.07, 6.45) is 3.75. The van der Waals surface area contributed by atoms with Crippen molar-refractivity contribution in [3.05, 3.63) is 81.5 Å². The topological polar surface area (TPSA) is 37.4 Å². The van der Waals surface area contributed by atoms with Gasteiger partial charge in [0.05, 0.1) is 11.1 Å². The summed E-state index contributed by atoms with van der Waals surface area (Å²) in [5.74, 6) is -0.195. The molecule has 1 unspecified atom stereocenters. The highest BCUT2D eigenvalue weighted by Gasteiger charge is 2.41. The molecule has 0 bridgehead atoms. The van der Waals surface area contributed by atoms with Gasteiger partial charge < -0.3 is 0 Å². The van der Waals surface area contributed by atoms with Crippen LogP contribution in [0.1, 0.15) is 32.7 Å². The van der Waals surface area contributed by atoms with Crippen LogP contribution in [0.15, 0.2) is 64.8 Å². The van der Waals surface area contributed by atoms with Gasteiger partial charge in [0.25, 0.3) is 11.8 Å². The Balaban J connectivity index is 1.60. The van der Waals surface area contributed by atoms with Crippen LogP contribution < -0.4 is 0 Å². The summed E-state index contributed by atoms with van der Waals surface area (Å²) in [7, 11) is 0. The van der Waals surface area contributed by atoms with Crippen molar-refractivity contribution in [3.8, 4) is 0 Å². The minimum Gasteiger partial charge on any atom is -0.268 e. The van der Waals surface area contributed by atoms with Crippen molar-refractivity contribution in [1.29, 1.82) is 0 Å². The smallest absolute Gasteiger partial charge is 0.265 e. The van der Waals surface area contributed by atoms with Crippen molar-refractivity contribution in [1.82, 2.24) is 4.90 Å². The lowest BCUT2D eigenvalue weighted by molar-refractivity contribution is 0.0677. The Labute approximate surface area is 142 Å². The molecule has 4 heteroatoms. The second-order valence-electron chi connectivity index (χ2n) is 5.89. The Hall–Kier alpha value is -2.20. The third-order valence-corrected chi connectivity index (χ3v) is 4.95. The number of allylic oxidation sites excluding steroid dienone is 2. The van der Waals surface area contributed by atoms with E-state index in [2.05, 4.69) is 28.1 Å². The average Bonchev–Trinajstić information content (AvgIpc) is 2.77. The number of nitrogens with zero attached hydrogens (tertiary/aromatic N) is 1. The minimum absolute atomic E-state index is 0.207. The van der Waals surface area contributed by atoms with E-state index in [1.54, 1.807) is 18.2 Å². The molecule has 3 nitrogen and oxygen atoms in total. The van der Waals surface area contributed by atoms with Crippen LogP contribution in [0.2, 0.25) is 0 Å². The van der Waals surface area contributed by atoms with Crippen LogP contribution in [0.5, 0.6) is 0 Å². The van der Waals surface area contributed by atoms with E-state index in [0.29, 0.717) is 11.1 Å². The lowest BCUT2D eigenvalue weighted by atomic mass is 9.84. The number of carbonyl (C=O) groups excluding carboxylic acids is 2. The van der Waals surface area contributed by atoms with Gasteiger partial charge >= 0.3 is 0 Å². The van der Waals surface area contributed by atoms with Crippen molar-refractivity contribution in [3.63, 3.8) is 0 Å². The predicted molar refractivity (Wildman–Crippen MR) is 91.0 cm³/mol. The van der Waals surface area contributed by atoms with Gasteiger partial charge in [0.1, 0.15) is 0 Å². The third kappa shape index (κ3) is 2.34. The molecular formula is C19H14BrNO2. The molecule has 0 radical (unpaired) electrons. The SMILES string of the molecule is O=C1c2ccc(Br)cc2C(=O)N1C1=CCC1Cc1ccccc1. The van der Waals surface area contributed by atoms with Crippen molar-refractivity contribution >= 4 is 27.7 Å². The zero-order valence-corrected chi connectivity index (χ0v) is 13.9. The maximum absolute atomic E-state index is 12.6. The largest absolute Gasteiger partial charge is 0.268 e. The molecule has 1 atom stereocenters. The zero-order valence-electron chi connectivity index (χ0n) is 12.3. The van der Waals surface area contributed by atoms with E-state index in [9.17, 15) is 9.59 Å². The van der Waals surface area contributed by atoms with E-state index in [-0.39, 0.29) is 17.7 Å². The maximum atomic E-state index is 12.6. The quantitative estimate of drug-likeness (QED) is 0.762. The molecule has 0 saturated carbocycles. The van der Waals surface area contributed by atoms with Crippen LogP contribution in [0.4, 0.5) is 0 Å². The van der Waals surface area contributed by atoms with Gasteiger partial charge in [0.15, 0.2) is 0 Å². The summed E-state index contributed by atoms with van der Waals surface area (Å²) < 4.78 is 0.808. The molecule has 23 heavy (non-hydrogen) atoms. The van der Waals surface area contributed by atoms with Crippen LogP contribution in [-0.2, 0) is 6.42 Å². The van der Waals surface area contributed by atoms with E-state index in [1.165, 1.54) is 10.5 Å². The first kappa shape index (κ1) is 14.4. The molecule has 2 amide bonds. The van der Waals surface area contributed by atoms with Gasteiger partial charge in [0.2, 0.25) is 0 Å². The molecule has 2 aliphatic rings. The molecule has 2 aromatic carbocycles.